The predicted molar refractivity (Wildman–Crippen MR) is 69.7 cm³/mol. The average molecular weight is 289 g/mol. The molecule has 96 valence electrons. The van der Waals surface area contributed by atoms with Gasteiger partial charge in [0.05, 0.1) is 17.4 Å². The number of rotatable bonds is 3. The lowest BCUT2D eigenvalue weighted by Crippen LogP contribution is -1.99. The van der Waals surface area contributed by atoms with Crippen molar-refractivity contribution in [1.82, 2.24) is 0 Å². The Balaban J connectivity index is 2.46. The standard InChI is InChI=1S/C13H11ClF2OS/c1-7-5-8(10(16)6-9(7)15)12(14)13-11(17-2)3-4-18-13/h3-6,12H,1-2H3. The van der Waals surface area contributed by atoms with E-state index in [-0.39, 0.29) is 5.56 Å². The molecule has 0 N–H and O–H groups in total. The molecule has 1 nitrogen and oxygen atoms in total. The second-order valence-corrected chi connectivity index (χ2v) is 5.22. The van der Waals surface area contributed by atoms with Crippen LogP contribution in [0.15, 0.2) is 23.6 Å². The van der Waals surface area contributed by atoms with Crippen LogP contribution in [0, 0.1) is 18.6 Å². The lowest BCUT2D eigenvalue weighted by Gasteiger charge is -2.12. The highest BCUT2D eigenvalue weighted by Gasteiger charge is 2.21. The van der Waals surface area contributed by atoms with Gasteiger partial charge in [-0.1, -0.05) is 0 Å². The molecule has 1 aromatic carbocycles. The van der Waals surface area contributed by atoms with Crippen LogP contribution in [-0.2, 0) is 0 Å². The highest BCUT2D eigenvalue weighted by atomic mass is 35.5. The molecule has 0 aliphatic heterocycles. The summed E-state index contributed by atoms with van der Waals surface area (Å²) in [6.45, 7) is 1.58. The first-order valence-corrected chi connectivity index (χ1v) is 6.57. The number of hydrogen-bond donors (Lipinski definition) is 0. The number of hydrogen-bond acceptors (Lipinski definition) is 2. The van der Waals surface area contributed by atoms with Crippen LogP contribution in [0.1, 0.15) is 21.4 Å². The SMILES string of the molecule is COc1ccsc1C(Cl)c1cc(C)c(F)cc1F. The second kappa shape index (κ2) is 5.24. The molecule has 0 amide bonds. The van der Waals surface area contributed by atoms with E-state index in [2.05, 4.69) is 0 Å². The van der Waals surface area contributed by atoms with Crippen LogP contribution in [-0.4, -0.2) is 7.11 Å². The molecule has 0 saturated carbocycles. The quantitative estimate of drug-likeness (QED) is 0.746. The van der Waals surface area contributed by atoms with Gasteiger partial charge < -0.3 is 4.74 Å². The lowest BCUT2D eigenvalue weighted by atomic mass is 10.1. The van der Waals surface area contributed by atoms with E-state index < -0.39 is 17.0 Å². The Morgan fingerprint density at radius 2 is 2.00 bits per heavy atom. The number of alkyl halides is 1. The van der Waals surface area contributed by atoms with E-state index in [1.54, 1.807) is 13.0 Å². The van der Waals surface area contributed by atoms with Gasteiger partial charge in [0.25, 0.3) is 0 Å². The van der Waals surface area contributed by atoms with Crippen LogP contribution in [0.2, 0.25) is 0 Å². The van der Waals surface area contributed by atoms with Gasteiger partial charge in [-0.05, 0) is 30.0 Å². The zero-order chi connectivity index (χ0) is 13.3. The zero-order valence-corrected chi connectivity index (χ0v) is 11.4. The smallest absolute Gasteiger partial charge is 0.134 e. The molecule has 0 spiro atoms. The van der Waals surface area contributed by atoms with E-state index >= 15 is 0 Å². The molecule has 0 radical (unpaired) electrons. The van der Waals surface area contributed by atoms with Crippen molar-refractivity contribution in [3.05, 3.63) is 51.2 Å². The molecule has 0 aliphatic rings. The number of methoxy groups -OCH3 is 1. The zero-order valence-electron chi connectivity index (χ0n) is 9.84. The maximum Gasteiger partial charge on any atom is 0.134 e. The summed E-state index contributed by atoms with van der Waals surface area (Å²) in [6.07, 6.45) is 0. The largest absolute Gasteiger partial charge is 0.496 e. The fraction of sp³-hybridized carbons (Fsp3) is 0.231. The Bertz CT molecular complexity index is 568. The highest BCUT2D eigenvalue weighted by Crippen LogP contribution is 2.40. The lowest BCUT2D eigenvalue weighted by molar-refractivity contribution is 0.412. The summed E-state index contributed by atoms with van der Waals surface area (Å²) in [6, 6.07) is 4.06. The minimum atomic E-state index is -0.681. The van der Waals surface area contributed by atoms with Gasteiger partial charge in [0.15, 0.2) is 0 Å². The molecule has 0 saturated heterocycles. The van der Waals surface area contributed by atoms with Crippen LogP contribution in [0.3, 0.4) is 0 Å². The van der Waals surface area contributed by atoms with Crippen molar-refractivity contribution in [1.29, 1.82) is 0 Å². The fourth-order valence-corrected chi connectivity index (χ4v) is 2.96. The Hall–Kier alpha value is -1.13. The monoisotopic (exact) mass is 288 g/mol. The molecular weight excluding hydrogens is 278 g/mol. The van der Waals surface area contributed by atoms with Gasteiger partial charge in [-0.25, -0.2) is 8.78 Å². The first kappa shape index (κ1) is 13.3. The molecule has 0 fully saturated rings. The van der Waals surface area contributed by atoms with Crippen molar-refractivity contribution in [3.8, 4) is 5.75 Å². The summed E-state index contributed by atoms with van der Waals surface area (Å²) in [4.78, 5) is 0.712. The van der Waals surface area contributed by atoms with E-state index in [1.807, 2.05) is 5.38 Å². The first-order valence-electron chi connectivity index (χ1n) is 5.25. The van der Waals surface area contributed by atoms with Gasteiger partial charge >= 0.3 is 0 Å². The summed E-state index contributed by atoms with van der Waals surface area (Å²) in [5.41, 5.74) is 0.629. The van der Waals surface area contributed by atoms with Crippen molar-refractivity contribution in [3.63, 3.8) is 0 Å². The third-order valence-electron chi connectivity index (χ3n) is 2.66. The van der Waals surface area contributed by atoms with E-state index in [9.17, 15) is 8.78 Å². The first-order chi connectivity index (χ1) is 8.54. The number of ether oxygens (including phenoxy) is 1. The van der Waals surface area contributed by atoms with Gasteiger partial charge in [-0.3, -0.25) is 0 Å². The van der Waals surface area contributed by atoms with Crippen molar-refractivity contribution in [2.45, 2.75) is 12.3 Å². The molecule has 1 heterocycles. The number of benzene rings is 1. The highest BCUT2D eigenvalue weighted by molar-refractivity contribution is 7.10. The van der Waals surface area contributed by atoms with Crippen molar-refractivity contribution in [2.24, 2.45) is 0 Å². The van der Waals surface area contributed by atoms with Crippen LogP contribution >= 0.6 is 22.9 Å². The third-order valence-corrected chi connectivity index (χ3v) is 4.20. The summed E-state index contributed by atoms with van der Waals surface area (Å²) in [7, 11) is 1.53. The molecule has 0 bridgehead atoms. The molecule has 2 rings (SSSR count). The molecule has 5 heteroatoms. The summed E-state index contributed by atoms with van der Waals surface area (Å²) in [5.74, 6) is -0.604. The van der Waals surface area contributed by atoms with Gasteiger partial charge in [0, 0.05) is 11.6 Å². The van der Waals surface area contributed by atoms with E-state index in [0.29, 0.717) is 16.2 Å². The molecule has 1 unspecified atom stereocenters. The topological polar surface area (TPSA) is 9.23 Å². The van der Waals surface area contributed by atoms with Crippen molar-refractivity contribution in [2.75, 3.05) is 7.11 Å². The van der Waals surface area contributed by atoms with Crippen LogP contribution < -0.4 is 4.74 Å². The number of halogens is 3. The number of aryl methyl sites for hydroxylation is 1. The Labute approximate surface area is 113 Å². The van der Waals surface area contributed by atoms with Gasteiger partial charge in [0.1, 0.15) is 17.4 Å². The van der Waals surface area contributed by atoms with Gasteiger partial charge in [-0.2, -0.15) is 0 Å². The molecule has 18 heavy (non-hydrogen) atoms. The molecule has 2 aromatic rings. The summed E-state index contributed by atoms with van der Waals surface area (Å²) < 4.78 is 32.1. The van der Waals surface area contributed by atoms with E-state index in [1.165, 1.54) is 24.5 Å². The Morgan fingerprint density at radius 3 is 2.67 bits per heavy atom. The normalized spacial score (nSPS) is 12.5. The summed E-state index contributed by atoms with van der Waals surface area (Å²) >= 11 is 7.63. The van der Waals surface area contributed by atoms with E-state index in [4.69, 9.17) is 16.3 Å². The van der Waals surface area contributed by atoms with Crippen molar-refractivity contribution >= 4 is 22.9 Å². The third kappa shape index (κ3) is 2.35. The Kier molecular flexibility index (Phi) is 3.88. The van der Waals surface area contributed by atoms with Crippen molar-refractivity contribution < 1.29 is 13.5 Å². The van der Waals surface area contributed by atoms with Crippen LogP contribution in [0.5, 0.6) is 5.75 Å². The predicted octanol–water partition coefficient (Wildman–Crippen LogP) is 4.67. The Morgan fingerprint density at radius 1 is 1.28 bits per heavy atom. The second-order valence-electron chi connectivity index (χ2n) is 3.84. The van der Waals surface area contributed by atoms with Gasteiger partial charge in [0.2, 0.25) is 0 Å². The van der Waals surface area contributed by atoms with E-state index in [0.717, 1.165) is 6.07 Å². The molecule has 1 atom stereocenters. The van der Waals surface area contributed by atoms with Crippen LogP contribution in [0.25, 0.3) is 0 Å². The average Bonchev–Trinajstić information content (AvgIpc) is 2.81. The van der Waals surface area contributed by atoms with Crippen LogP contribution in [0.4, 0.5) is 8.78 Å². The summed E-state index contributed by atoms with van der Waals surface area (Å²) in [5, 5.41) is 1.14. The maximum atomic E-state index is 13.7. The molecule has 0 aliphatic carbocycles. The minimum Gasteiger partial charge on any atom is -0.496 e. The maximum absolute atomic E-state index is 13.7. The van der Waals surface area contributed by atoms with Gasteiger partial charge in [-0.15, -0.1) is 22.9 Å². The molecule has 1 aromatic heterocycles. The minimum absolute atomic E-state index is 0.260. The number of thiophene rings is 1. The molecular formula is C13H11ClF2OS. The fourth-order valence-electron chi connectivity index (χ4n) is 1.68.